The zero-order chi connectivity index (χ0) is 19.3. The maximum absolute atomic E-state index is 12.6. The third kappa shape index (κ3) is 6.25. The fourth-order valence-electron chi connectivity index (χ4n) is 2.63. The van der Waals surface area contributed by atoms with Gasteiger partial charge in [-0.2, -0.15) is 0 Å². The lowest BCUT2D eigenvalue weighted by Gasteiger charge is -2.28. The van der Waals surface area contributed by atoms with Crippen molar-refractivity contribution in [2.24, 2.45) is 0 Å². The maximum Gasteiger partial charge on any atom is 0.410 e. The molecule has 0 N–H and O–H groups in total. The van der Waals surface area contributed by atoms with Crippen LogP contribution >= 0.6 is 15.9 Å². The van der Waals surface area contributed by atoms with E-state index in [1.807, 2.05) is 53.2 Å². The van der Waals surface area contributed by atoms with E-state index in [9.17, 15) is 4.79 Å². The van der Waals surface area contributed by atoms with Gasteiger partial charge in [0.2, 0.25) is 0 Å². The second-order valence-electron chi connectivity index (χ2n) is 7.74. The number of carbonyl (C=O) groups is 1. The fourth-order valence-corrected chi connectivity index (χ4v) is 3.09. The number of rotatable bonds is 6. The van der Waals surface area contributed by atoms with Crippen LogP contribution in [-0.2, 0) is 11.3 Å². The van der Waals surface area contributed by atoms with Crippen LogP contribution in [0.1, 0.15) is 32.8 Å². The van der Waals surface area contributed by atoms with Crippen molar-refractivity contribution in [1.29, 1.82) is 0 Å². The molecular formula is C20H28BrN3O2. The average molecular weight is 422 g/mol. The Balaban J connectivity index is 2.19. The van der Waals surface area contributed by atoms with E-state index in [0.29, 0.717) is 13.1 Å². The van der Waals surface area contributed by atoms with Gasteiger partial charge in [-0.25, -0.2) is 4.79 Å². The Kier molecular flexibility index (Phi) is 7.01. The summed E-state index contributed by atoms with van der Waals surface area (Å²) in [6.45, 7) is 7.78. The number of fused-ring (bicyclic) bond motifs is 1. The Bertz CT molecular complexity index is 756. The lowest BCUT2D eigenvalue weighted by atomic mass is 10.1. The van der Waals surface area contributed by atoms with Crippen molar-refractivity contribution < 1.29 is 9.53 Å². The molecule has 0 spiro atoms. The number of halogens is 1. The molecule has 0 aliphatic heterocycles. The van der Waals surface area contributed by atoms with Gasteiger partial charge < -0.3 is 14.5 Å². The molecule has 26 heavy (non-hydrogen) atoms. The second kappa shape index (κ2) is 8.82. The van der Waals surface area contributed by atoms with E-state index in [1.165, 1.54) is 0 Å². The predicted octanol–water partition coefficient (Wildman–Crippen LogP) is 4.69. The van der Waals surface area contributed by atoms with Gasteiger partial charge in [0.1, 0.15) is 5.60 Å². The van der Waals surface area contributed by atoms with Crippen LogP contribution in [-0.4, -0.2) is 53.7 Å². The van der Waals surface area contributed by atoms with Crippen molar-refractivity contribution >= 4 is 32.8 Å². The Morgan fingerprint density at radius 2 is 1.92 bits per heavy atom. The van der Waals surface area contributed by atoms with Crippen LogP contribution in [0.25, 0.3) is 10.8 Å². The van der Waals surface area contributed by atoms with Crippen LogP contribution in [0.2, 0.25) is 0 Å². The van der Waals surface area contributed by atoms with E-state index in [2.05, 4.69) is 31.9 Å². The van der Waals surface area contributed by atoms with Gasteiger partial charge in [0.05, 0.1) is 0 Å². The summed E-state index contributed by atoms with van der Waals surface area (Å²) >= 11 is 3.55. The van der Waals surface area contributed by atoms with E-state index < -0.39 is 5.60 Å². The first kappa shape index (κ1) is 20.6. The van der Waals surface area contributed by atoms with Crippen molar-refractivity contribution in [1.82, 2.24) is 14.8 Å². The van der Waals surface area contributed by atoms with Crippen molar-refractivity contribution in [2.75, 3.05) is 27.2 Å². The molecule has 0 aliphatic rings. The highest BCUT2D eigenvalue weighted by atomic mass is 79.9. The quantitative estimate of drug-likeness (QED) is 0.678. The fraction of sp³-hybridized carbons (Fsp3) is 0.500. The Labute approximate surface area is 164 Å². The number of benzene rings is 1. The van der Waals surface area contributed by atoms with Crippen LogP contribution in [0.4, 0.5) is 4.79 Å². The number of amides is 1. The molecule has 2 aromatic rings. The zero-order valence-electron chi connectivity index (χ0n) is 16.3. The molecule has 0 bridgehead atoms. The lowest BCUT2D eigenvalue weighted by molar-refractivity contribution is 0.0228. The molecule has 0 radical (unpaired) electrons. The van der Waals surface area contributed by atoms with Crippen LogP contribution in [0.5, 0.6) is 0 Å². The molecule has 1 heterocycles. The molecule has 6 heteroatoms. The standard InChI is InChI=1S/C20H28BrN3O2/c1-20(2,3)26-19(25)24(10-6-9-23(4)5)14-15-7-8-16-12-22-13-18(21)17(16)11-15/h7-8,11-13H,6,9-10,14H2,1-5H3. The first-order chi connectivity index (χ1) is 12.2. The number of nitrogens with zero attached hydrogens (tertiary/aromatic N) is 3. The summed E-state index contributed by atoms with van der Waals surface area (Å²) in [5.74, 6) is 0. The van der Waals surface area contributed by atoms with E-state index >= 15 is 0 Å². The molecule has 5 nitrogen and oxygen atoms in total. The van der Waals surface area contributed by atoms with Crippen LogP contribution in [0.15, 0.2) is 35.1 Å². The molecule has 2 rings (SSSR count). The number of pyridine rings is 1. The predicted molar refractivity (Wildman–Crippen MR) is 109 cm³/mol. The van der Waals surface area contributed by atoms with Gasteiger partial charge in [0.15, 0.2) is 0 Å². The summed E-state index contributed by atoms with van der Waals surface area (Å²) in [5, 5.41) is 2.16. The third-order valence-corrected chi connectivity index (χ3v) is 4.47. The number of hydrogen-bond donors (Lipinski definition) is 0. The smallest absolute Gasteiger partial charge is 0.410 e. The maximum atomic E-state index is 12.6. The minimum absolute atomic E-state index is 0.273. The molecule has 0 unspecified atom stereocenters. The summed E-state index contributed by atoms with van der Waals surface area (Å²) in [6.07, 6.45) is 4.25. The Hall–Kier alpha value is -1.66. The largest absolute Gasteiger partial charge is 0.444 e. The SMILES string of the molecule is CN(C)CCCN(Cc1ccc2cncc(Br)c2c1)C(=O)OC(C)(C)C. The van der Waals surface area contributed by atoms with E-state index in [-0.39, 0.29) is 6.09 Å². The summed E-state index contributed by atoms with van der Waals surface area (Å²) in [5.41, 5.74) is 0.565. The van der Waals surface area contributed by atoms with E-state index in [1.54, 1.807) is 11.1 Å². The molecule has 1 amide bonds. The van der Waals surface area contributed by atoms with Crippen molar-refractivity contribution in [3.63, 3.8) is 0 Å². The molecule has 142 valence electrons. The van der Waals surface area contributed by atoms with Gasteiger partial charge in [-0.15, -0.1) is 0 Å². The number of hydrogen-bond acceptors (Lipinski definition) is 4. The minimum atomic E-state index is -0.505. The average Bonchev–Trinajstić information content (AvgIpc) is 2.52. The molecular weight excluding hydrogens is 394 g/mol. The summed E-state index contributed by atoms with van der Waals surface area (Å²) in [7, 11) is 4.07. The Morgan fingerprint density at radius 3 is 2.58 bits per heavy atom. The normalized spacial score (nSPS) is 11.8. The van der Waals surface area contributed by atoms with E-state index in [0.717, 1.165) is 33.8 Å². The first-order valence-electron chi connectivity index (χ1n) is 8.80. The zero-order valence-corrected chi connectivity index (χ0v) is 17.8. The molecule has 0 saturated heterocycles. The van der Waals surface area contributed by atoms with Crippen molar-refractivity contribution in [3.8, 4) is 0 Å². The summed E-state index contributed by atoms with van der Waals surface area (Å²) in [6, 6.07) is 6.18. The topological polar surface area (TPSA) is 45.7 Å². The number of ether oxygens (including phenoxy) is 1. The summed E-state index contributed by atoms with van der Waals surface area (Å²) < 4.78 is 6.55. The molecule has 1 aromatic carbocycles. The highest BCUT2D eigenvalue weighted by Gasteiger charge is 2.22. The Morgan fingerprint density at radius 1 is 1.19 bits per heavy atom. The van der Waals surface area contributed by atoms with E-state index in [4.69, 9.17) is 4.74 Å². The number of aromatic nitrogens is 1. The molecule has 1 aromatic heterocycles. The van der Waals surface area contributed by atoms with Crippen LogP contribution in [0.3, 0.4) is 0 Å². The molecule has 0 saturated carbocycles. The minimum Gasteiger partial charge on any atom is -0.444 e. The van der Waals surface area contributed by atoms with Gasteiger partial charge in [0.25, 0.3) is 0 Å². The monoisotopic (exact) mass is 421 g/mol. The van der Waals surface area contributed by atoms with Crippen molar-refractivity contribution in [2.45, 2.75) is 39.3 Å². The third-order valence-electron chi connectivity index (χ3n) is 3.83. The first-order valence-corrected chi connectivity index (χ1v) is 9.60. The van der Waals surface area contributed by atoms with Crippen LogP contribution < -0.4 is 0 Å². The van der Waals surface area contributed by atoms with Gasteiger partial charge in [-0.1, -0.05) is 12.1 Å². The number of carbonyl (C=O) groups excluding carboxylic acids is 1. The molecule has 0 fully saturated rings. The molecule has 0 aliphatic carbocycles. The van der Waals surface area contributed by atoms with Gasteiger partial charge >= 0.3 is 6.09 Å². The lowest BCUT2D eigenvalue weighted by Crippen LogP contribution is -2.37. The van der Waals surface area contributed by atoms with Crippen molar-refractivity contribution in [3.05, 3.63) is 40.6 Å². The summed E-state index contributed by atoms with van der Waals surface area (Å²) in [4.78, 5) is 20.7. The van der Waals surface area contributed by atoms with Gasteiger partial charge in [-0.05, 0) is 80.8 Å². The highest BCUT2D eigenvalue weighted by molar-refractivity contribution is 9.10. The molecule has 0 atom stereocenters. The van der Waals surface area contributed by atoms with Crippen LogP contribution in [0, 0.1) is 0 Å². The van der Waals surface area contributed by atoms with Gasteiger partial charge in [0, 0.05) is 35.3 Å². The second-order valence-corrected chi connectivity index (χ2v) is 8.59. The van der Waals surface area contributed by atoms with Gasteiger partial charge in [-0.3, -0.25) is 4.98 Å². The highest BCUT2D eigenvalue weighted by Crippen LogP contribution is 2.24.